The predicted molar refractivity (Wildman–Crippen MR) is 145 cm³/mol. The predicted octanol–water partition coefficient (Wildman–Crippen LogP) is 3.73. The van der Waals surface area contributed by atoms with Crippen molar-refractivity contribution in [1.29, 1.82) is 0 Å². The summed E-state index contributed by atoms with van der Waals surface area (Å²) in [6.45, 7) is 7.18. The first-order valence-electron chi connectivity index (χ1n) is 13.0. The lowest BCUT2D eigenvalue weighted by Crippen LogP contribution is -2.46. The van der Waals surface area contributed by atoms with E-state index in [1.165, 1.54) is 6.92 Å². The van der Waals surface area contributed by atoms with E-state index < -0.39 is 6.04 Å². The Labute approximate surface area is 225 Å². The topological polar surface area (TPSA) is 123 Å². The Balaban J connectivity index is 1.29. The normalized spacial score (nSPS) is 21.6. The first-order valence-corrected chi connectivity index (χ1v) is 13.0. The summed E-state index contributed by atoms with van der Waals surface area (Å²) >= 11 is 0. The van der Waals surface area contributed by atoms with Crippen LogP contribution in [-0.4, -0.2) is 59.3 Å². The number of benzene rings is 1. The Morgan fingerprint density at radius 2 is 1.82 bits per heavy atom. The number of Topliss-reactive ketones (excluding diaryl/α,β-unsaturated/α-hetero) is 1. The number of nitrogens with zero attached hydrogens (tertiary/aromatic N) is 6. The van der Waals surface area contributed by atoms with Gasteiger partial charge in [0.15, 0.2) is 5.78 Å². The Kier molecular flexibility index (Phi) is 5.78. The molecule has 198 valence electrons. The van der Waals surface area contributed by atoms with E-state index in [9.17, 15) is 14.4 Å². The lowest BCUT2D eigenvalue weighted by Gasteiger charge is -2.27. The van der Waals surface area contributed by atoms with Gasteiger partial charge in [-0.1, -0.05) is 19.1 Å². The molecule has 2 fully saturated rings. The van der Waals surface area contributed by atoms with E-state index in [1.54, 1.807) is 28.0 Å². The molecule has 3 aromatic heterocycles. The number of pyridine rings is 1. The van der Waals surface area contributed by atoms with Crippen LogP contribution in [0.25, 0.3) is 22.0 Å². The van der Waals surface area contributed by atoms with Gasteiger partial charge in [-0.2, -0.15) is 5.10 Å². The van der Waals surface area contributed by atoms with E-state index in [0.29, 0.717) is 34.7 Å². The van der Waals surface area contributed by atoms with Gasteiger partial charge in [-0.15, -0.1) is 0 Å². The molecule has 10 heteroatoms. The molecule has 1 N–H and O–H groups in total. The number of nitrogens with one attached hydrogen (secondary N) is 1. The van der Waals surface area contributed by atoms with Gasteiger partial charge in [-0.3, -0.25) is 19.1 Å². The second-order valence-electron chi connectivity index (χ2n) is 10.9. The number of piperidine rings is 1. The maximum atomic E-state index is 13.7. The number of fused-ring (bicyclic) bond motifs is 2. The summed E-state index contributed by atoms with van der Waals surface area (Å²) in [6.07, 6.45) is 4.94. The zero-order chi connectivity index (χ0) is 27.5. The van der Waals surface area contributed by atoms with Crippen molar-refractivity contribution in [2.45, 2.75) is 59.2 Å². The number of aromatic nitrogens is 5. The van der Waals surface area contributed by atoms with E-state index in [0.717, 1.165) is 23.2 Å². The zero-order valence-electron chi connectivity index (χ0n) is 22.3. The molecule has 2 amide bonds. The molecule has 2 aliphatic rings. The van der Waals surface area contributed by atoms with E-state index in [-0.39, 0.29) is 35.6 Å². The van der Waals surface area contributed by atoms with Crippen LogP contribution < -0.4 is 5.32 Å². The quantitative estimate of drug-likeness (QED) is 0.382. The maximum absolute atomic E-state index is 13.7. The van der Waals surface area contributed by atoms with Crippen molar-refractivity contribution in [2.24, 2.45) is 5.41 Å². The van der Waals surface area contributed by atoms with Crippen LogP contribution in [0.1, 0.15) is 48.7 Å². The number of hydrogen-bond donors (Lipinski definition) is 1. The van der Waals surface area contributed by atoms with Crippen LogP contribution in [0.15, 0.2) is 48.8 Å². The van der Waals surface area contributed by atoms with Crippen molar-refractivity contribution in [1.82, 2.24) is 29.6 Å². The van der Waals surface area contributed by atoms with Gasteiger partial charge in [0.05, 0.1) is 5.52 Å². The summed E-state index contributed by atoms with van der Waals surface area (Å²) in [5.74, 6) is 0.509. The van der Waals surface area contributed by atoms with Gasteiger partial charge in [0.2, 0.25) is 11.8 Å². The molecule has 0 spiro atoms. The average molecular weight is 524 g/mol. The molecule has 0 bridgehead atoms. The highest BCUT2D eigenvalue weighted by molar-refractivity contribution is 6.06. The summed E-state index contributed by atoms with van der Waals surface area (Å²) in [5, 5.41) is 8.07. The summed E-state index contributed by atoms with van der Waals surface area (Å²) in [4.78, 5) is 54.1. The lowest BCUT2D eigenvalue weighted by molar-refractivity contribution is -0.138. The summed E-state index contributed by atoms with van der Waals surface area (Å²) in [7, 11) is 0. The van der Waals surface area contributed by atoms with Gasteiger partial charge in [0, 0.05) is 42.0 Å². The standard InChI is InChI=1S/C29H29N7O3/c1-16-6-5-7-25(32-16)33-28(39)23-11-29(4)12-24(29)36(23)26(38)15-35-22-9-8-19(20-13-30-18(3)31-14-20)10-21(22)27(34-35)17(2)37/h5-10,13-14,23-24H,11-12,15H2,1-4H3,(H,32,33,39)/t23-,24+,29-/m0/s1. The fourth-order valence-corrected chi connectivity index (χ4v) is 5.67. The molecule has 1 aliphatic heterocycles. The van der Waals surface area contributed by atoms with Crippen molar-refractivity contribution in [2.75, 3.05) is 5.32 Å². The second-order valence-corrected chi connectivity index (χ2v) is 10.9. The van der Waals surface area contributed by atoms with Crippen LogP contribution in [0.2, 0.25) is 0 Å². The third-order valence-electron chi connectivity index (χ3n) is 7.85. The Morgan fingerprint density at radius 3 is 2.54 bits per heavy atom. The minimum Gasteiger partial charge on any atom is -0.325 e. The molecule has 1 aliphatic carbocycles. The third-order valence-corrected chi connectivity index (χ3v) is 7.85. The van der Waals surface area contributed by atoms with Gasteiger partial charge >= 0.3 is 0 Å². The summed E-state index contributed by atoms with van der Waals surface area (Å²) in [5.41, 5.74) is 3.37. The molecule has 1 saturated carbocycles. The summed E-state index contributed by atoms with van der Waals surface area (Å²) < 4.78 is 1.57. The minimum atomic E-state index is -0.592. The SMILES string of the molecule is CC(=O)c1nn(CC(=O)N2[C@H](C(=O)Nc3cccc(C)n3)C[C@@]3(C)C[C@@H]23)c2ccc(-c3cnc(C)nc3)cc12. The molecule has 10 nitrogen and oxygen atoms in total. The fraction of sp³-hybridized carbons (Fsp3) is 0.345. The fourth-order valence-electron chi connectivity index (χ4n) is 5.67. The molecule has 4 aromatic rings. The number of rotatable bonds is 6. The van der Waals surface area contributed by atoms with Crippen molar-refractivity contribution in [3.05, 3.63) is 66.0 Å². The van der Waals surface area contributed by atoms with Crippen LogP contribution in [0.5, 0.6) is 0 Å². The molecular formula is C29H29N7O3. The number of aryl methyl sites for hydroxylation is 2. The first-order chi connectivity index (χ1) is 18.6. The number of carbonyl (C=O) groups excluding carboxylic acids is 3. The highest BCUT2D eigenvalue weighted by Crippen LogP contribution is 2.59. The van der Waals surface area contributed by atoms with Crippen LogP contribution in [0, 0.1) is 19.3 Å². The highest BCUT2D eigenvalue weighted by Gasteiger charge is 2.64. The Hall–Kier alpha value is -4.47. The van der Waals surface area contributed by atoms with Crippen molar-refractivity contribution >= 4 is 34.3 Å². The number of hydrogen-bond acceptors (Lipinski definition) is 7. The molecule has 39 heavy (non-hydrogen) atoms. The van der Waals surface area contributed by atoms with Crippen molar-refractivity contribution in [3.63, 3.8) is 0 Å². The number of carbonyl (C=O) groups is 3. The molecule has 3 atom stereocenters. The number of likely N-dealkylation sites (tertiary alicyclic amines) is 1. The Bertz CT molecular complexity index is 1640. The molecule has 0 radical (unpaired) electrons. The third kappa shape index (κ3) is 4.45. The molecular weight excluding hydrogens is 494 g/mol. The van der Waals surface area contributed by atoms with Crippen LogP contribution in [0.4, 0.5) is 5.82 Å². The molecule has 0 unspecified atom stereocenters. The zero-order valence-corrected chi connectivity index (χ0v) is 22.3. The van der Waals surface area contributed by atoms with Crippen LogP contribution in [0.3, 0.4) is 0 Å². The second kappa shape index (κ2) is 9.07. The van der Waals surface area contributed by atoms with Gasteiger partial charge in [0.1, 0.15) is 29.9 Å². The molecule has 1 saturated heterocycles. The van der Waals surface area contributed by atoms with Crippen molar-refractivity contribution in [3.8, 4) is 11.1 Å². The molecule has 4 heterocycles. The van der Waals surface area contributed by atoms with Crippen LogP contribution >= 0.6 is 0 Å². The highest BCUT2D eigenvalue weighted by atomic mass is 16.2. The van der Waals surface area contributed by atoms with Gasteiger partial charge in [-0.25, -0.2) is 15.0 Å². The largest absolute Gasteiger partial charge is 0.325 e. The number of anilines is 1. The first kappa shape index (κ1) is 24.8. The molecule has 6 rings (SSSR count). The number of amides is 2. The van der Waals surface area contributed by atoms with Gasteiger partial charge in [0.25, 0.3) is 0 Å². The van der Waals surface area contributed by atoms with E-state index in [4.69, 9.17) is 0 Å². The summed E-state index contributed by atoms with van der Waals surface area (Å²) in [6, 6.07) is 10.5. The van der Waals surface area contributed by atoms with E-state index >= 15 is 0 Å². The van der Waals surface area contributed by atoms with Gasteiger partial charge < -0.3 is 10.2 Å². The average Bonchev–Trinajstić information content (AvgIpc) is 3.26. The monoisotopic (exact) mass is 523 g/mol. The molecule has 1 aromatic carbocycles. The maximum Gasteiger partial charge on any atom is 0.248 e. The minimum absolute atomic E-state index is 0.00784. The van der Waals surface area contributed by atoms with Crippen LogP contribution in [-0.2, 0) is 16.1 Å². The van der Waals surface area contributed by atoms with E-state index in [2.05, 4.69) is 32.3 Å². The van der Waals surface area contributed by atoms with Gasteiger partial charge in [-0.05, 0) is 61.9 Å². The van der Waals surface area contributed by atoms with Crippen molar-refractivity contribution < 1.29 is 14.4 Å². The Morgan fingerprint density at radius 1 is 1.05 bits per heavy atom. The smallest absolute Gasteiger partial charge is 0.248 e. The van der Waals surface area contributed by atoms with E-state index in [1.807, 2.05) is 44.2 Å². The number of ketones is 1. The lowest BCUT2D eigenvalue weighted by atomic mass is 10.0.